The number of ether oxygens (including phenoxy) is 2. The van der Waals surface area contributed by atoms with Gasteiger partial charge in [0.25, 0.3) is 0 Å². The highest BCUT2D eigenvalue weighted by Crippen LogP contribution is 2.26. The first-order chi connectivity index (χ1) is 11.9. The molecule has 2 aromatic rings. The summed E-state index contributed by atoms with van der Waals surface area (Å²) in [4.78, 5) is 27.3. The summed E-state index contributed by atoms with van der Waals surface area (Å²) in [6.45, 7) is -3.01. The van der Waals surface area contributed by atoms with Crippen LogP contribution in [0.1, 0.15) is 15.2 Å². The summed E-state index contributed by atoms with van der Waals surface area (Å²) in [6, 6.07) is 4.04. The summed E-state index contributed by atoms with van der Waals surface area (Å²) in [5.41, 5.74) is 0.206. The van der Waals surface area contributed by atoms with Crippen molar-refractivity contribution in [1.82, 2.24) is 4.98 Å². The Labute approximate surface area is 150 Å². The fourth-order valence-electron chi connectivity index (χ4n) is 1.69. The van der Waals surface area contributed by atoms with Crippen LogP contribution < -0.4 is 10.1 Å². The van der Waals surface area contributed by atoms with E-state index >= 15 is 0 Å². The van der Waals surface area contributed by atoms with Crippen molar-refractivity contribution in [3.05, 3.63) is 45.9 Å². The molecular formula is C15H11ClF2N2O4S. The highest BCUT2D eigenvalue weighted by molar-refractivity contribution is 7.17. The quantitative estimate of drug-likeness (QED) is 0.601. The molecule has 1 amide bonds. The van der Waals surface area contributed by atoms with Crippen molar-refractivity contribution in [2.24, 2.45) is 0 Å². The maximum Gasteiger partial charge on any atom is 0.387 e. The van der Waals surface area contributed by atoms with E-state index in [4.69, 9.17) is 11.6 Å². The number of amides is 1. The van der Waals surface area contributed by atoms with Gasteiger partial charge in [0.05, 0.1) is 13.3 Å². The zero-order valence-corrected chi connectivity index (χ0v) is 14.2. The van der Waals surface area contributed by atoms with Gasteiger partial charge >= 0.3 is 12.6 Å². The van der Waals surface area contributed by atoms with Gasteiger partial charge in [0.2, 0.25) is 5.91 Å². The largest absolute Gasteiger partial charge is 0.465 e. The van der Waals surface area contributed by atoms with E-state index in [9.17, 15) is 18.4 Å². The fourth-order valence-corrected chi connectivity index (χ4v) is 2.61. The number of anilines is 1. The molecule has 10 heteroatoms. The second-order valence-electron chi connectivity index (χ2n) is 4.40. The van der Waals surface area contributed by atoms with Crippen molar-refractivity contribution in [2.45, 2.75) is 6.61 Å². The van der Waals surface area contributed by atoms with Crippen molar-refractivity contribution in [1.29, 1.82) is 0 Å². The molecule has 132 valence electrons. The van der Waals surface area contributed by atoms with Gasteiger partial charge in [0, 0.05) is 16.7 Å². The number of alkyl halides is 2. The first-order valence-corrected chi connectivity index (χ1v) is 7.86. The molecule has 0 aliphatic carbocycles. The first-order valence-electron chi connectivity index (χ1n) is 6.66. The average molecular weight is 389 g/mol. The third kappa shape index (κ3) is 5.50. The molecule has 0 saturated heterocycles. The lowest BCUT2D eigenvalue weighted by atomic mass is 10.2. The van der Waals surface area contributed by atoms with Crippen LogP contribution in [0.3, 0.4) is 0 Å². The van der Waals surface area contributed by atoms with Gasteiger partial charge in [-0.2, -0.15) is 8.78 Å². The molecule has 0 unspecified atom stereocenters. The number of halogens is 3. The standard InChI is InChI=1S/C15H11ClF2N2O4S/c1-23-13(22)11-7-19-15(25-11)20-12(21)5-2-8-6-9(16)3-4-10(8)24-14(17)18/h2-7,14H,1H3,(H,19,20,21). The summed E-state index contributed by atoms with van der Waals surface area (Å²) < 4.78 is 33.7. The minimum Gasteiger partial charge on any atom is -0.465 e. The van der Waals surface area contributed by atoms with Crippen LogP contribution in [-0.2, 0) is 9.53 Å². The maximum atomic E-state index is 12.4. The number of aromatic nitrogens is 1. The molecule has 1 heterocycles. The van der Waals surface area contributed by atoms with Crippen molar-refractivity contribution in [3.8, 4) is 5.75 Å². The zero-order chi connectivity index (χ0) is 18.4. The molecule has 0 aliphatic rings. The number of thiazole rings is 1. The van der Waals surface area contributed by atoms with Gasteiger partial charge in [-0.1, -0.05) is 22.9 Å². The Bertz CT molecular complexity index is 811. The Morgan fingerprint density at radius 3 is 2.84 bits per heavy atom. The number of esters is 1. The summed E-state index contributed by atoms with van der Waals surface area (Å²) in [5.74, 6) is -1.26. The number of hydrogen-bond donors (Lipinski definition) is 1. The van der Waals surface area contributed by atoms with Gasteiger partial charge in [0.15, 0.2) is 5.13 Å². The summed E-state index contributed by atoms with van der Waals surface area (Å²) >= 11 is 6.75. The molecule has 0 atom stereocenters. The predicted octanol–water partition coefficient (Wildman–Crippen LogP) is 3.84. The Morgan fingerprint density at radius 2 is 2.16 bits per heavy atom. The minimum atomic E-state index is -3.01. The number of carbonyl (C=O) groups is 2. The molecule has 1 N–H and O–H groups in total. The molecule has 1 aromatic heterocycles. The number of benzene rings is 1. The maximum absolute atomic E-state index is 12.4. The predicted molar refractivity (Wildman–Crippen MR) is 89.2 cm³/mol. The lowest BCUT2D eigenvalue weighted by Crippen LogP contribution is -2.07. The second-order valence-corrected chi connectivity index (χ2v) is 5.87. The number of rotatable bonds is 6. The molecule has 6 nitrogen and oxygen atoms in total. The van der Waals surface area contributed by atoms with E-state index < -0.39 is 18.5 Å². The highest BCUT2D eigenvalue weighted by Gasteiger charge is 2.12. The molecule has 0 radical (unpaired) electrons. The molecule has 0 bridgehead atoms. The van der Waals surface area contributed by atoms with Crippen LogP contribution in [-0.4, -0.2) is 30.6 Å². The molecular weight excluding hydrogens is 378 g/mol. The lowest BCUT2D eigenvalue weighted by molar-refractivity contribution is -0.111. The van der Waals surface area contributed by atoms with Gasteiger partial charge in [-0.15, -0.1) is 0 Å². The lowest BCUT2D eigenvalue weighted by Gasteiger charge is -2.08. The van der Waals surface area contributed by atoms with E-state index in [0.717, 1.165) is 17.4 Å². The summed E-state index contributed by atoms with van der Waals surface area (Å²) in [5, 5.41) is 2.92. The molecule has 2 rings (SSSR count). The topological polar surface area (TPSA) is 77.5 Å². The van der Waals surface area contributed by atoms with Crippen LogP contribution in [0.15, 0.2) is 30.5 Å². The van der Waals surface area contributed by atoms with Crippen LogP contribution >= 0.6 is 22.9 Å². The smallest absolute Gasteiger partial charge is 0.387 e. The van der Waals surface area contributed by atoms with E-state index in [-0.39, 0.29) is 21.3 Å². The number of carbonyl (C=O) groups excluding carboxylic acids is 2. The summed E-state index contributed by atoms with van der Waals surface area (Å²) in [7, 11) is 1.23. The van der Waals surface area contributed by atoms with E-state index in [1.165, 1.54) is 37.6 Å². The van der Waals surface area contributed by atoms with E-state index in [1.54, 1.807) is 0 Å². The van der Waals surface area contributed by atoms with Crippen molar-refractivity contribution >= 4 is 46.0 Å². The fraction of sp³-hybridized carbons (Fsp3) is 0.133. The summed E-state index contributed by atoms with van der Waals surface area (Å²) in [6.07, 6.45) is 3.64. The number of nitrogens with zero attached hydrogens (tertiary/aromatic N) is 1. The second kappa shape index (κ2) is 8.54. The normalized spacial score (nSPS) is 10.9. The van der Waals surface area contributed by atoms with Gasteiger partial charge < -0.3 is 9.47 Å². The van der Waals surface area contributed by atoms with Crippen molar-refractivity contribution in [3.63, 3.8) is 0 Å². The Hall–Kier alpha value is -2.52. The Kier molecular flexibility index (Phi) is 6.43. The number of hydrogen-bond acceptors (Lipinski definition) is 6. The van der Waals surface area contributed by atoms with Gasteiger partial charge in [-0.25, -0.2) is 9.78 Å². The van der Waals surface area contributed by atoms with Crippen molar-refractivity contribution in [2.75, 3.05) is 12.4 Å². The third-order valence-corrected chi connectivity index (χ3v) is 3.85. The molecule has 1 aromatic carbocycles. The van der Waals surface area contributed by atoms with Crippen molar-refractivity contribution < 1.29 is 27.8 Å². The molecule has 0 fully saturated rings. The zero-order valence-electron chi connectivity index (χ0n) is 12.7. The Morgan fingerprint density at radius 1 is 1.40 bits per heavy atom. The Balaban J connectivity index is 2.08. The van der Waals surface area contributed by atoms with Crippen LogP contribution in [0.5, 0.6) is 5.75 Å². The molecule has 0 spiro atoms. The first kappa shape index (κ1) is 18.8. The van der Waals surface area contributed by atoms with E-state index in [0.29, 0.717) is 5.02 Å². The van der Waals surface area contributed by atoms with E-state index in [1.807, 2.05) is 0 Å². The van der Waals surface area contributed by atoms with Crippen LogP contribution in [0.25, 0.3) is 6.08 Å². The number of methoxy groups -OCH3 is 1. The molecule has 0 saturated carbocycles. The monoisotopic (exact) mass is 388 g/mol. The highest BCUT2D eigenvalue weighted by atomic mass is 35.5. The van der Waals surface area contributed by atoms with Gasteiger partial charge in [0.1, 0.15) is 10.6 Å². The van der Waals surface area contributed by atoms with Crippen LogP contribution in [0.2, 0.25) is 5.02 Å². The van der Waals surface area contributed by atoms with Crippen LogP contribution in [0.4, 0.5) is 13.9 Å². The minimum absolute atomic E-state index is 0.120. The molecule has 0 aliphatic heterocycles. The third-order valence-electron chi connectivity index (χ3n) is 2.72. The average Bonchev–Trinajstić information content (AvgIpc) is 3.02. The van der Waals surface area contributed by atoms with Gasteiger partial charge in [-0.05, 0) is 24.3 Å². The van der Waals surface area contributed by atoms with E-state index in [2.05, 4.69) is 19.8 Å². The SMILES string of the molecule is COC(=O)c1cnc(NC(=O)C=Cc2cc(Cl)ccc2OC(F)F)s1. The molecule has 25 heavy (non-hydrogen) atoms. The van der Waals surface area contributed by atoms with Gasteiger partial charge in [-0.3, -0.25) is 10.1 Å². The number of nitrogens with one attached hydrogen (secondary N) is 1. The van der Waals surface area contributed by atoms with Crippen LogP contribution in [0, 0.1) is 0 Å².